The van der Waals surface area contributed by atoms with Crippen molar-refractivity contribution < 1.29 is 78.8 Å². The lowest BCUT2D eigenvalue weighted by atomic mass is 9.95. The minimum absolute atomic E-state index is 0.213. The molecule has 0 spiro atoms. The predicted molar refractivity (Wildman–Crippen MR) is 138 cm³/mol. The average Bonchev–Trinajstić information content (AvgIpc) is 2.99. The number of hydrogen-bond acceptors (Lipinski definition) is 16. The number of hydrogen-bond donors (Lipinski definition) is 9. The van der Waals surface area contributed by atoms with Gasteiger partial charge in [0.2, 0.25) is 12.2 Å². The average molecular weight is 622 g/mol. The third-order valence-corrected chi connectivity index (χ3v) is 7.40. The van der Waals surface area contributed by atoms with Crippen molar-refractivity contribution in [2.45, 2.75) is 92.9 Å². The maximum atomic E-state index is 12.0. The summed E-state index contributed by atoms with van der Waals surface area (Å²) < 4.78 is 40.0. The number of amides is 1. The van der Waals surface area contributed by atoms with Gasteiger partial charge in [-0.3, -0.25) is 4.79 Å². The monoisotopic (exact) mass is 621 g/mol. The lowest BCUT2D eigenvalue weighted by Crippen LogP contribution is -2.69. The van der Waals surface area contributed by atoms with Gasteiger partial charge < -0.3 is 79.3 Å². The molecule has 3 saturated heterocycles. The first-order valence-corrected chi connectivity index (χ1v) is 13.6. The zero-order valence-corrected chi connectivity index (χ0v) is 23.4. The Morgan fingerprint density at radius 2 is 1.37 bits per heavy atom. The molecule has 0 bridgehead atoms. The maximum Gasteiger partial charge on any atom is 0.229 e. The molecule has 0 aromatic heterocycles. The summed E-state index contributed by atoms with van der Waals surface area (Å²) in [4.78, 5) is 12.0. The molecule has 3 fully saturated rings. The van der Waals surface area contributed by atoms with Gasteiger partial charge in [0.1, 0.15) is 72.5 Å². The SMILES string of the molecule is COc1ccc(O[C@@H]2O[C@H](CO)[C@H](O)[C@H](O[C@@H]3OC[C@H](O)[C@H](O)[C@H]3O)[C@H]2O[C@@H]2O[C@H](CO)[C@@H](O)[C@H](O)[C@H]2NC(C)=O)cc1. The van der Waals surface area contributed by atoms with Crippen LogP contribution in [-0.4, -0.2) is 160 Å². The number of rotatable bonds is 10. The van der Waals surface area contributed by atoms with E-state index in [0.29, 0.717) is 5.75 Å². The minimum atomic E-state index is -1.78. The van der Waals surface area contributed by atoms with Crippen LogP contribution < -0.4 is 14.8 Å². The quantitative estimate of drug-likeness (QED) is 0.119. The van der Waals surface area contributed by atoms with E-state index in [-0.39, 0.29) is 5.75 Å². The summed E-state index contributed by atoms with van der Waals surface area (Å²) in [5.41, 5.74) is 0. The standard InChI is InChI=1S/C26H39NO16/c1-10(30)27-16-20(35)18(33)14(7-28)40-24(16)43-23-22(42-25-21(36)17(32)13(31)9-38-25)19(34)15(8-29)41-26(23)39-12-5-3-11(37-2)4-6-12/h3-6,13-26,28-29,31-36H,7-9H2,1-2H3,(H,27,30)/t13-,14+,15+,16+,17-,18+,19-,20+,21+,22-,23+,24-,25-,26+/m0/s1. The third-order valence-electron chi connectivity index (χ3n) is 7.40. The van der Waals surface area contributed by atoms with Gasteiger partial charge in [0, 0.05) is 6.92 Å². The summed E-state index contributed by atoms with van der Waals surface area (Å²) >= 11 is 0. The smallest absolute Gasteiger partial charge is 0.229 e. The normalized spacial score (nSPS) is 41.8. The molecular weight excluding hydrogens is 582 g/mol. The van der Waals surface area contributed by atoms with Crippen molar-refractivity contribution in [3.8, 4) is 11.5 Å². The van der Waals surface area contributed by atoms with Crippen LogP contribution in [0.4, 0.5) is 0 Å². The van der Waals surface area contributed by atoms with Gasteiger partial charge in [-0.05, 0) is 24.3 Å². The van der Waals surface area contributed by atoms with E-state index in [9.17, 15) is 45.6 Å². The van der Waals surface area contributed by atoms with Crippen LogP contribution in [0.15, 0.2) is 24.3 Å². The zero-order valence-electron chi connectivity index (χ0n) is 23.4. The molecule has 0 aliphatic carbocycles. The van der Waals surface area contributed by atoms with Gasteiger partial charge >= 0.3 is 0 Å². The Morgan fingerprint density at radius 1 is 0.791 bits per heavy atom. The van der Waals surface area contributed by atoms with Crippen LogP contribution in [0.1, 0.15) is 6.92 Å². The van der Waals surface area contributed by atoms with Gasteiger partial charge in [0.05, 0.1) is 26.9 Å². The highest BCUT2D eigenvalue weighted by Crippen LogP contribution is 2.34. The van der Waals surface area contributed by atoms with E-state index in [0.717, 1.165) is 6.92 Å². The molecule has 4 rings (SSSR count). The topological polar surface area (TPSA) is 256 Å². The largest absolute Gasteiger partial charge is 0.497 e. The Bertz CT molecular complexity index is 1030. The Hall–Kier alpha value is -2.23. The van der Waals surface area contributed by atoms with Gasteiger partial charge in [0.25, 0.3) is 0 Å². The van der Waals surface area contributed by atoms with Crippen LogP contribution in [0.25, 0.3) is 0 Å². The molecule has 17 heteroatoms. The second-order valence-electron chi connectivity index (χ2n) is 10.4. The molecule has 3 heterocycles. The van der Waals surface area contributed by atoms with E-state index in [1.54, 1.807) is 12.1 Å². The Balaban J connectivity index is 1.70. The van der Waals surface area contributed by atoms with Crippen LogP contribution in [0, 0.1) is 0 Å². The first-order valence-electron chi connectivity index (χ1n) is 13.6. The number of aliphatic hydroxyl groups is 8. The van der Waals surface area contributed by atoms with E-state index >= 15 is 0 Å². The highest BCUT2D eigenvalue weighted by atomic mass is 16.8. The molecule has 1 aromatic rings. The molecule has 43 heavy (non-hydrogen) atoms. The van der Waals surface area contributed by atoms with E-state index in [1.807, 2.05) is 0 Å². The number of methoxy groups -OCH3 is 1. The highest BCUT2D eigenvalue weighted by Gasteiger charge is 2.54. The lowest BCUT2D eigenvalue weighted by molar-refractivity contribution is -0.371. The highest BCUT2D eigenvalue weighted by molar-refractivity contribution is 5.73. The van der Waals surface area contributed by atoms with E-state index in [1.165, 1.54) is 19.2 Å². The minimum Gasteiger partial charge on any atom is -0.497 e. The molecule has 14 atom stereocenters. The fourth-order valence-electron chi connectivity index (χ4n) is 5.02. The summed E-state index contributed by atoms with van der Waals surface area (Å²) in [6.45, 7) is -0.745. The molecule has 9 N–H and O–H groups in total. The molecule has 0 saturated carbocycles. The molecule has 17 nitrogen and oxygen atoms in total. The fraction of sp³-hybridized carbons (Fsp3) is 0.731. The van der Waals surface area contributed by atoms with Crippen molar-refractivity contribution >= 4 is 5.91 Å². The number of nitrogens with one attached hydrogen (secondary N) is 1. The lowest BCUT2D eigenvalue weighted by Gasteiger charge is -2.49. The summed E-state index contributed by atoms with van der Waals surface area (Å²) in [5.74, 6) is 0.0989. The molecule has 1 amide bonds. The molecule has 1 aromatic carbocycles. The van der Waals surface area contributed by atoms with Crippen molar-refractivity contribution in [2.24, 2.45) is 0 Å². The van der Waals surface area contributed by atoms with Crippen LogP contribution >= 0.6 is 0 Å². The molecular formula is C26H39NO16. The second kappa shape index (κ2) is 14.7. The van der Waals surface area contributed by atoms with E-state index < -0.39 is 112 Å². The number of aliphatic hydroxyl groups excluding tert-OH is 8. The van der Waals surface area contributed by atoms with Gasteiger partial charge in [-0.25, -0.2) is 0 Å². The summed E-state index contributed by atoms with van der Waals surface area (Å²) in [5, 5.41) is 85.0. The van der Waals surface area contributed by atoms with Crippen LogP contribution in [0.3, 0.4) is 0 Å². The second-order valence-corrected chi connectivity index (χ2v) is 10.4. The van der Waals surface area contributed by atoms with Crippen LogP contribution in [0.5, 0.6) is 11.5 Å². The van der Waals surface area contributed by atoms with Crippen molar-refractivity contribution in [3.05, 3.63) is 24.3 Å². The summed E-state index contributed by atoms with van der Waals surface area (Å²) in [7, 11) is 1.47. The number of benzene rings is 1. The van der Waals surface area contributed by atoms with Gasteiger partial charge in [0.15, 0.2) is 18.7 Å². The van der Waals surface area contributed by atoms with E-state index in [2.05, 4.69) is 5.32 Å². The molecule has 3 aliphatic heterocycles. The molecule has 0 unspecified atom stereocenters. The molecule has 0 radical (unpaired) electrons. The maximum absolute atomic E-state index is 12.0. The third kappa shape index (κ3) is 7.54. The molecule has 244 valence electrons. The van der Waals surface area contributed by atoms with Crippen molar-refractivity contribution in [3.63, 3.8) is 0 Å². The first kappa shape index (κ1) is 33.7. The van der Waals surface area contributed by atoms with Crippen LogP contribution in [-0.2, 0) is 28.5 Å². The van der Waals surface area contributed by atoms with Crippen molar-refractivity contribution in [2.75, 3.05) is 26.9 Å². The summed E-state index contributed by atoms with van der Waals surface area (Å²) in [6, 6.07) is 4.82. The van der Waals surface area contributed by atoms with Gasteiger partial charge in [-0.1, -0.05) is 0 Å². The number of carbonyl (C=O) groups is 1. The van der Waals surface area contributed by atoms with Gasteiger partial charge in [-0.2, -0.15) is 0 Å². The van der Waals surface area contributed by atoms with Crippen molar-refractivity contribution in [1.82, 2.24) is 5.32 Å². The number of ether oxygens (including phenoxy) is 7. The van der Waals surface area contributed by atoms with Crippen molar-refractivity contribution in [1.29, 1.82) is 0 Å². The first-order chi connectivity index (χ1) is 20.5. The number of carbonyl (C=O) groups excluding carboxylic acids is 1. The summed E-state index contributed by atoms with van der Waals surface area (Å²) in [6.07, 6.45) is -20.4. The Labute approximate surface area is 246 Å². The fourth-order valence-corrected chi connectivity index (χ4v) is 5.02. The predicted octanol–water partition coefficient (Wildman–Crippen LogP) is -4.69. The zero-order chi connectivity index (χ0) is 31.4. The Morgan fingerprint density at radius 3 is 1.98 bits per heavy atom. The molecule has 3 aliphatic rings. The van der Waals surface area contributed by atoms with E-state index in [4.69, 9.17) is 33.2 Å². The Kier molecular flexibility index (Phi) is 11.5. The van der Waals surface area contributed by atoms with Gasteiger partial charge in [-0.15, -0.1) is 0 Å². The van der Waals surface area contributed by atoms with Crippen LogP contribution in [0.2, 0.25) is 0 Å².